The number of amides is 1. The highest BCUT2D eigenvalue weighted by Gasteiger charge is 2.11. The van der Waals surface area contributed by atoms with Gasteiger partial charge in [-0.3, -0.25) is 4.79 Å². The van der Waals surface area contributed by atoms with Crippen LogP contribution in [0.2, 0.25) is 0 Å². The summed E-state index contributed by atoms with van der Waals surface area (Å²) >= 11 is 0. The number of hydrogen-bond acceptors (Lipinski definition) is 3. The molecule has 0 atom stereocenters. The average molecular weight is 270 g/mol. The fraction of sp³-hybridized carbons (Fsp3) is 0.188. The van der Waals surface area contributed by atoms with E-state index in [9.17, 15) is 4.79 Å². The number of likely N-dealkylation sites (N-methyl/N-ethyl adjacent to an activating group) is 1. The molecule has 104 valence electrons. The van der Waals surface area contributed by atoms with Crippen LogP contribution in [0.1, 0.15) is 5.56 Å². The zero-order valence-electron chi connectivity index (χ0n) is 11.7. The first-order valence-corrected chi connectivity index (χ1v) is 6.35. The highest BCUT2D eigenvalue weighted by molar-refractivity contribution is 5.94. The summed E-state index contributed by atoms with van der Waals surface area (Å²) < 4.78 is 5.10. The predicted molar refractivity (Wildman–Crippen MR) is 81.0 cm³/mol. The van der Waals surface area contributed by atoms with Crippen molar-refractivity contribution in [3.8, 4) is 5.75 Å². The van der Waals surface area contributed by atoms with E-state index < -0.39 is 0 Å². The second kappa shape index (κ2) is 6.10. The molecule has 0 unspecified atom stereocenters. The summed E-state index contributed by atoms with van der Waals surface area (Å²) in [4.78, 5) is 13.9. The Bertz CT molecular complexity index is 594. The van der Waals surface area contributed by atoms with Crippen LogP contribution in [0.3, 0.4) is 0 Å². The second-order valence-corrected chi connectivity index (χ2v) is 4.57. The Morgan fingerprint density at radius 3 is 2.50 bits per heavy atom. The van der Waals surface area contributed by atoms with Crippen LogP contribution < -0.4 is 15.4 Å². The van der Waals surface area contributed by atoms with E-state index in [0.717, 1.165) is 17.0 Å². The quantitative estimate of drug-likeness (QED) is 0.868. The van der Waals surface area contributed by atoms with E-state index in [1.165, 1.54) is 0 Å². The first kappa shape index (κ1) is 13.9. The fourth-order valence-electron chi connectivity index (χ4n) is 1.95. The molecule has 0 radical (unpaired) electrons. The van der Waals surface area contributed by atoms with Gasteiger partial charge in [0.05, 0.1) is 13.5 Å². The van der Waals surface area contributed by atoms with Crippen molar-refractivity contribution in [1.29, 1.82) is 0 Å². The van der Waals surface area contributed by atoms with Gasteiger partial charge >= 0.3 is 0 Å². The van der Waals surface area contributed by atoms with Gasteiger partial charge in [0.2, 0.25) is 5.91 Å². The molecular weight excluding hydrogens is 252 g/mol. The third-order valence-electron chi connectivity index (χ3n) is 3.14. The lowest BCUT2D eigenvalue weighted by atomic mass is 10.1. The third kappa shape index (κ3) is 3.29. The van der Waals surface area contributed by atoms with Gasteiger partial charge in [0, 0.05) is 18.4 Å². The molecule has 2 aromatic carbocycles. The standard InChI is InChI=1S/C16H18N2O2/c1-18(14-6-8-15(20-2)9-7-14)16(19)11-12-4-3-5-13(17)10-12/h3-10H,11,17H2,1-2H3. The number of nitrogens with zero attached hydrogens (tertiary/aromatic N) is 1. The number of nitrogen functional groups attached to an aromatic ring is 1. The van der Waals surface area contributed by atoms with Crippen LogP contribution in [0, 0.1) is 0 Å². The second-order valence-electron chi connectivity index (χ2n) is 4.57. The van der Waals surface area contributed by atoms with E-state index in [2.05, 4.69) is 0 Å². The molecule has 4 heteroatoms. The monoisotopic (exact) mass is 270 g/mol. The van der Waals surface area contributed by atoms with E-state index in [1.54, 1.807) is 25.1 Å². The van der Waals surface area contributed by atoms with E-state index in [1.807, 2.05) is 42.5 Å². The molecule has 2 rings (SSSR count). The summed E-state index contributed by atoms with van der Waals surface area (Å²) in [6, 6.07) is 14.8. The Hall–Kier alpha value is -2.49. The minimum Gasteiger partial charge on any atom is -0.497 e. The lowest BCUT2D eigenvalue weighted by Crippen LogP contribution is -2.27. The van der Waals surface area contributed by atoms with Gasteiger partial charge in [0.15, 0.2) is 0 Å². The Morgan fingerprint density at radius 2 is 1.90 bits per heavy atom. The molecule has 20 heavy (non-hydrogen) atoms. The van der Waals surface area contributed by atoms with Crippen molar-refractivity contribution in [2.45, 2.75) is 6.42 Å². The maximum atomic E-state index is 12.2. The minimum atomic E-state index is 0.0146. The molecule has 0 heterocycles. The van der Waals surface area contributed by atoms with Crippen molar-refractivity contribution in [3.63, 3.8) is 0 Å². The van der Waals surface area contributed by atoms with Gasteiger partial charge in [-0.05, 0) is 42.0 Å². The van der Waals surface area contributed by atoms with Gasteiger partial charge in [-0.25, -0.2) is 0 Å². The average Bonchev–Trinajstić information content (AvgIpc) is 2.46. The SMILES string of the molecule is COc1ccc(N(C)C(=O)Cc2cccc(N)c2)cc1. The van der Waals surface area contributed by atoms with Crippen LogP contribution in [0.5, 0.6) is 5.75 Å². The number of methoxy groups -OCH3 is 1. The van der Waals surface area contributed by atoms with Crippen molar-refractivity contribution in [2.75, 3.05) is 24.8 Å². The van der Waals surface area contributed by atoms with Crippen LogP contribution in [-0.2, 0) is 11.2 Å². The van der Waals surface area contributed by atoms with Crippen LogP contribution in [-0.4, -0.2) is 20.1 Å². The van der Waals surface area contributed by atoms with Crippen LogP contribution in [0.4, 0.5) is 11.4 Å². The summed E-state index contributed by atoms with van der Waals surface area (Å²) in [7, 11) is 3.38. The molecule has 0 aromatic heterocycles. The smallest absolute Gasteiger partial charge is 0.231 e. The largest absolute Gasteiger partial charge is 0.497 e. The number of benzene rings is 2. The third-order valence-corrected chi connectivity index (χ3v) is 3.14. The lowest BCUT2D eigenvalue weighted by Gasteiger charge is -2.17. The first-order chi connectivity index (χ1) is 9.60. The molecule has 0 saturated heterocycles. The minimum absolute atomic E-state index is 0.0146. The lowest BCUT2D eigenvalue weighted by molar-refractivity contribution is -0.117. The molecule has 1 amide bonds. The van der Waals surface area contributed by atoms with E-state index in [-0.39, 0.29) is 5.91 Å². The Labute approximate surface area is 118 Å². The highest BCUT2D eigenvalue weighted by atomic mass is 16.5. The Balaban J connectivity index is 2.07. The van der Waals surface area contributed by atoms with Gasteiger partial charge < -0.3 is 15.4 Å². The summed E-state index contributed by atoms with van der Waals surface area (Å²) in [5.41, 5.74) is 8.13. The molecule has 0 saturated carbocycles. The van der Waals surface area contributed by atoms with Gasteiger partial charge in [0.1, 0.15) is 5.75 Å². The summed E-state index contributed by atoms with van der Waals surface area (Å²) in [6.07, 6.45) is 0.327. The molecule has 0 aliphatic rings. The summed E-state index contributed by atoms with van der Waals surface area (Å²) in [5.74, 6) is 0.784. The highest BCUT2D eigenvalue weighted by Crippen LogP contribution is 2.19. The zero-order valence-corrected chi connectivity index (χ0v) is 11.7. The summed E-state index contributed by atoms with van der Waals surface area (Å²) in [6.45, 7) is 0. The topological polar surface area (TPSA) is 55.6 Å². The molecule has 2 N–H and O–H groups in total. The van der Waals surface area contributed by atoms with Gasteiger partial charge in [-0.15, -0.1) is 0 Å². The molecule has 2 aromatic rings. The van der Waals surface area contributed by atoms with Gasteiger partial charge in [0.25, 0.3) is 0 Å². The molecule has 0 aliphatic heterocycles. The number of rotatable bonds is 4. The van der Waals surface area contributed by atoms with Crippen molar-refractivity contribution in [1.82, 2.24) is 0 Å². The number of nitrogens with two attached hydrogens (primary N) is 1. The maximum Gasteiger partial charge on any atom is 0.231 e. The summed E-state index contributed by atoms with van der Waals surface area (Å²) in [5, 5.41) is 0. The van der Waals surface area contributed by atoms with E-state index in [0.29, 0.717) is 12.1 Å². The van der Waals surface area contributed by atoms with E-state index in [4.69, 9.17) is 10.5 Å². The molecule has 0 bridgehead atoms. The number of carbonyl (C=O) groups excluding carboxylic acids is 1. The van der Waals surface area contributed by atoms with Crippen LogP contribution in [0.15, 0.2) is 48.5 Å². The number of anilines is 2. The normalized spacial score (nSPS) is 10.1. The number of ether oxygens (including phenoxy) is 1. The molecule has 0 fully saturated rings. The van der Waals surface area contributed by atoms with Crippen molar-refractivity contribution >= 4 is 17.3 Å². The zero-order chi connectivity index (χ0) is 14.5. The molecule has 0 aliphatic carbocycles. The number of hydrogen-bond donors (Lipinski definition) is 1. The first-order valence-electron chi connectivity index (χ1n) is 6.35. The van der Waals surface area contributed by atoms with Crippen molar-refractivity contribution < 1.29 is 9.53 Å². The Kier molecular flexibility index (Phi) is 4.25. The van der Waals surface area contributed by atoms with Crippen LogP contribution >= 0.6 is 0 Å². The molecular formula is C16H18N2O2. The molecule has 0 spiro atoms. The van der Waals surface area contributed by atoms with Gasteiger partial charge in [-0.1, -0.05) is 12.1 Å². The van der Waals surface area contributed by atoms with Crippen molar-refractivity contribution in [3.05, 3.63) is 54.1 Å². The number of carbonyl (C=O) groups is 1. The molecule has 4 nitrogen and oxygen atoms in total. The van der Waals surface area contributed by atoms with E-state index >= 15 is 0 Å². The van der Waals surface area contributed by atoms with Crippen molar-refractivity contribution in [2.24, 2.45) is 0 Å². The van der Waals surface area contributed by atoms with Crippen LogP contribution in [0.25, 0.3) is 0 Å². The van der Waals surface area contributed by atoms with Gasteiger partial charge in [-0.2, -0.15) is 0 Å². The Morgan fingerprint density at radius 1 is 1.20 bits per heavy atom. The predicted octanol–water partition coefficient (Wildman–Crippen LogP) is 2.48. The maximum absolute atomic E-state index is 12.2. The fourth-order valence-corrected chi connectivity index (χ4v) is 1.95.